The third kappa shape index (κ3) is 1.84. The Labute approximate surface area is 109 Å². The highest BCUT2D eigenvalue weighted by molar-refractivity contribution is 7.98. The van der Waals surface area contributed by atoms with Crippen molar-refractivity contribution in [1.82, 2.24) is 15.0 Å². The second kappa shape index (κ2) is 4.57. The molecule has 1 N–H and O–H groups in total. The van der Waals surface area contributed by atoms with Crippen molar-refractivity contribution in [3.8, 4) is 11.4 Å². The number of hydrogen-bond acceptors (Lipinski definition) is 4. The summed E-state index contributed by atoms with van der Waals surface area (Å²) in [5, 5.41) is 0. The van der Waals surface area contributed by atoms with Crippen LogP contribution in [-0.4, -0.2) is 15.0 Å². The molecule has 0 atom stereocenters. The second-order valence-electron chi connectivity index (χ2n) is 4.22. The van der Waals surface area contributed by atoms with Crippen molar-refractivity contribution in [2.45, 2.75) is 24.9 Å². The summed E-state index contributed by atoms with van der Waals surface area (Å²) in [4.78, 5) is 23.6. The first-order valence-electron chi connectivity index (χ1n) is 5.92. The lowest BCUT2D eigenvalue weighted by atomic mass is 10.1. The van der Waals surface area contributed by atoms with Gasteiger partial charge in [-0.1, -0.05) is 6.92 Å². The number of aryl methyl sites for hydroxylation is 1. The lowest BCUT2D eigenvalue weighted by molar-refractivity contribution is 1.02. The lowest BCUT2D eigenvalue weighted by Crippen LogP contribution is -2.15. The molecule has 3 rings (SSSR count). The zero-order chi connectivity index (χ0) is 12.5. The van der Waals surface area contributed by atoms with Gasteiger partial charge in [0.25, 0.3) is 5.56 Å². The van der Waals surface area contributed by atoms with Crippen LogP contribution in [0.5, 0.6) is 0 Å². The summed E-state index contributed by atoms with van der Waals surface area (Å²) in [5.41, 5.74) is 3.84. The maximum atomic E-state index is 12.0. The standard InChI is InChI=1S/C13H13N3OS/c1-2-8-5-14-4-3-9(8)12-15-11-7-18-6-10(11)13(17)16-12/h3-5H,2,6-7H2,1H3,(H,15,16,17). The van der Waals surface area contributed by atoms with Gasteiger partial charge in [-0.25, -0.2) is 4.98 Å². The predicted octanol–water partition coefficient (Wildman–Crippen LogP) is 2.14. The number of nitrogens with zero attached hydrogens (tertiary/aromatic N) is 2. The van der Waals surface area contributed by atoms with E-state index < -0.39 is 0 Å². The van der Waals surface area contributed by atoms with Gasteiger partial charge in [-0.3, -0.25) is 9.78 Å². The van der Waals surface area contributed by atoms with Gasteiger partial charge < -0.3 is 4.98 Å². The van der Waals surface area contributed by atoms with Crippen molar-refractivity contribution in [3.05, 3.63) is 45.6 Å². The average Bonchev–Trinajstić information content (AvgIpc) is 2.87. The SMILES string of the molecule is CCc1cnccc1-c1nc2c(c(=O)[nH]1)CSC2. The van der Waals surface area contributed by atoms with Crippen LogP contribution in [0.4, 0.5) is 0 Å². The van der Waals surface area contributed by atoms with Crippen LogP contribution in [-0.2, 0) is 17.9 Å². The Morgan fingerprint density at radius 2 is 2.33 bits per heavy atom. The summed E-state index contributed by atoms with van der Waals surface area (Å²) in [6.45, 7) is 2.07. The van der Waals surface area contributed by atoms with Gasteiger partial charge in [0.2, 0.25) is 0 Å². The van der Waals surface area contributed by atoms with Gasteiger partial charge in [-0.2, -0.15) is 11.8 Å². The van der Waals surface area contributed by atoms with Crippen molar-refractivity contribution in [3.63, 3.8) is 0 Å². The highest BCUT2D eigenvalue weighted by atomic mass is 32.2. The van der Waals surface area contributed by atoms with Crippen molar-refractivity contribution in [1.29, 1.82) is 0 Å². The Morgan fingerprint density at radius 3 is 3.17 bits per heavy atom. The van der Waals surface area contributed by atoms with Crippen molar-refractivity contribution < 1.29 is 0 Å². The lowest BCUT2D eigenvalue weighted by Gasteiger charge is -2.07. The number of fused-ring (bicyclic) bond motifs is 1. The van der Waals surface area contributed by atoms with E-state index in [0.717, 1.165) is 40.3 Å². The van der Waals surface area contributed by atoms with Gasteiger partial charge in [-0.15, -0.1) is 0 Å². The Balaban J connectivity index is 2.18. The molecule has 0 amide bonds. The van der Waals surface area contributed by atoms with Gasteiger partial charge in [-0.05, 0) is 18.1 Å². The van der Waals surface area contributed by atoms with Crippen LogP contribution < -0.4 is 5.56 Å². The molecule has 4 nitrogen and oxygen atoms in total. The van der Waals surface area contributed by atoms with E-state index in [4.69, 9.17) is 0 Å². The summed E-state index contributed by atoms with van der Waals surface area (Å²) < 4.78 is 0. The van der Waals surface area contributed by atoms with Gasteiger partial charge in [0, 0.05) is 35.0 Å². The Kier molecular flexibility index (Phi) is 2.91. The average molecular weight is 259 g/mol. The fourth-order valence-electron chi connectivity index (χ4n) is 2.13. The number of hydrogen-bond donors (Lipinski definition) is 1. The van der Waals surface area contributed by atoms with E-state index in [1.54, 1.807) is 18.0 Å². The molecule has 2 aromatic heterocycles. The van der Waals surface area contributed by atoms with Gasteiger partial charge >= 0.3 is 0 Å². The van der Waals surface area contributed by atoms with Crippen molar-refractivity contribution in [2.24, 2.45) is 0 Å². The molecule has 92 valence electrons. The maximum absolute atomic E-state index is 12.0. The minimum atomic E-state index is -0.00105. The first-order valence-corrected chi connectivity index (χ1v) is 7.08. The number of aromatic nitrogens is 3. The third-order valence-corrected chi connectivity index (χ3v) is 4.10. The number of rotatable bonds is 2. The Hall–Kier alpha value is -1.62. The second-order valence-corrected chi connectivity index (χ2v) is 5.20. The van der Waals surface area contributed by atoms with E-state index in [1.807, 2.05) is 12.3 Å². The molecule has 0 radical (unpaired) electrons. The van der Waals surface area contributed by atoms with Crippen molar-refractivity contribution >= 4 is 11.8 Å². The molecular weight excluding hydrogens is 246 g/mol. The summed E-state index contributed by atoms with van der Waals surface area (Å²) in [6, 6.07) is 1.91. The molecule has 2 aromatic rings. The number of pyridine rings is 1. The summed E-state index contributed by atoms with van der Waals surface area (Å²) >= 11 is 1.74. The molecule has 0 saturated carbocycles. The molecule has 0 fully saturated rings. The van der Waals surface area contributed by atoms with Crippen LogP contribution in [0.1, 0.15) is 23.7 Å². The van der Waals surface area contributed by atoms with Crippen LogP contribution in [0, 0.1) is 0 Å². The largest absolute Gasteiger partial charge is 0.306 e. The highest BCUT2D eigenvalue weighted by Gasteiger charge is 2.18. The minimum absolute atomic E-state index is 0.00105. The van der Waals surface area contributed by atoms with Gasteiger partial charge in [0.15, 0.2) is 0 Å². The van der Waals surface area contributed by atoms with Gasteiger partial charge in [0.1, 0.15) is 5.82 Å². The molecule has 0 saturated heterocycles. The van der Waals surface area contributed by atoms with Crippen LogP contribution in [0.2, 0.25) is 0 Å². The topological polar surface area (TPSA) is 58.6 Å². The van der Waals surface area contributed by atoms with E-state index >= 15 is 0 Å². The van der Waals surface area contributed by atoms with Gasteiger partial charge in [0.05, 0.1) is 5.69 Å². The molecule has 18 heavy (non-hydrogen) atoms. The molecule has 0 bridgehead atoms. The summed E-state index contributed by atoms with van der Waals surface area (Å²) in [7, 11) is 0. The first kappa shape index (κ1) is 11.5. The van der Waals surface area contributed by atoms with Crippen molar-refractivity contribution in [2.75, 3.05) is 0 Å². The Morgan fingerprint density at radius 1 is 1.44 bits per heavy atom. The van der Waals surface area contributed by atoms with E-state index in [9.17, 15) is 4.79 Å². The molecule has 5 heteroatoms. The molecule has 0 spiro atoms. The maximum Gasteiger partial charge on any atom is 0.255 e. The zero-order valence-corrected chi connectivity index (χ0v) is 10.9. The molecule has 0 unspecified atom stereocenters. The Bertz CT molecular complexity index is 651. The van der Waals surface area contributed by atoms with Crippen LogP contribution >= 0.6 is 11.8 Å². The number of thioether (sulfide) groups is 1. The predicted molar refractivity (Wildman–Crippen MR) is 72.5 cm³/mol. The molecule has 0 aliphatic carbocycles. The summed E-state index contributed by atoms with van der Waals surface area (Å²) in [6.07, 6.45) is 4.44. The van der Waals surface area contributed by atoms with Crippen LogP contribution in [0.3, 0.4) is 0 Å². The minimum Gasteiger partial charge on any atom is -0.306 e. The quantitative estimate of drug-likeness (QED) is 0.897. The fraction of sp³-hybridized carbons (Fsp3) is 0.308. The number of aromatic amines is 1. The molecular formula is C13H13N3OS. The van der Waals surface area contributed by atoms with E-state index in [2.05, 4.69) is 21.9 Å². The van der Waals surface area contributed by atoms with Crippen LogP contribution in [0.25, 0.3) is 11.4 Å². The first-order chi connectivity index (χ1) is 8.79. The monoisotopic (exact) mass is 259 g/mol. The number of nitrogens with one attached hydrogen (secondary N) is 1. The zero-order valence-electron chi connectivity index (χ0n) is 10.1. The molecule has 1 aliphatic rings. The number of H-pyrrole nitrogens is 1. The third-order valence-electron chi connectivity index (χ3n) is 3.13. The van der Waals surface area contributed by atoms with E-state index in [1.165, 1.54) is 0 Å². The highest BCUT2D eigenvalue weighted by Crippen LogP contribution is 2.27. The summed E-state index contributed by atoms with van der Waals surface area (Å²) in [5.74, 6) is 2.27. The van der Waals surface area contributed by atoms with Crippen LogP contribution in [0.15, 0.2) is 23.3 Å². The van der Waals surface area contributed by atoms with E-state index in [-0.39, 0.29) is 5.56 Å². The molecule has 3 heterocycles. The smallest absolute Gasteiger partial charge is 0.255 e. The molecule has 0 aromatic carbocycles. The fourth-order valence-corrected chi connectivity index (χ4v) is 3.17. The van der Waals surface area contributed by atoms with E-state index in [0.29, 0.717) is 5.82 Å². The normalized spacial score (nSPS) is 13.6. The molecule has 1 aliphatic heterocycles.